The van der Waals surface area contributed by atoms with E-state index in [-0.39, 0.29) is 11.9 Å². The number of rotatable bonds is 7. The van der Waals surface area contributed by atoms with Gasteiger partial charge in [0.2, 0.25) is 5.89 Å². The zero-order valence-electron chi connectivity index (χ0n) is 15.2. The number of aromatic nitrogens is 2. The highest BCUT2D eigenvalue weighted by Crippen LogP contribution is 2.30. The van der Waals surface area contributed by atoms with Crippen LogP contribution in [0.2, 0.25) is 10.0 Å². The lowest BCUT2D eigenvalue weighted by Crippen LogP contribution is -2.12. The highest BCUT2D eigenvalue weighted by molar-refractivity contribution is 6.35. The Morgan fingerprint density at radius 1 is 1.00 bits per heavy atom. The van der Waals surface area contributed by atoms with Gasteiger partial charge in [0.05, 0.1) is 13.2 Å². The predicted molar refractivity (Wildman–Crippen MR) is 106 cm³/mol. The molecule has 0 aliphatic carbocycles. The molecule has 28 heavy (non-hydrogen) atoms. The maximum atomic E-state index is 12.5. The van der Waals surface area contributed by atoms with Crippen LogP contribution in [0.4, 0.5) is 6.01 Å². The molecule has 3 rings (SSSR count). The summed E-state index contributed by atoms with van der Waals surface area (Å²) < 4.78 is 16.5. The van der Waals surface area contributed by atoms with Gasteiger partial charge in [-0.1, -0.05) is 28.3 Å². The average molecular weight is 422 g/mol. The number of amides is 1. The summed E-state index contributed by atoms with van der Waals surface area (Å²) in [7, 11) is 0. The van der Waals surface area contributed by atoms with E-state index in [1.54, 1.807) is 36.4 Å². The molecule has 0 bridgehead atoms. The van der Waals surface area contributed by atoms with Crippen molar-refractivity contribution in [1.82, 2.24) is 10.2 Å². The molecule has 9 heteroatoms. The molecule has 3 aromatic rings. The maximum Gasteiger partial charge on any atom is 0.322 e. The number of hydrogen-bond acceptors (Lipinski definition) is 6. The molecule has 1 amide bonds. The topological polar surface area (TPSA) is 86.5 Å². The Bertz CT molecular complexity index is 971. The minimum Gasteiger partial charge on any atom is -0.490 e. The van der Waals surface area contributed by atoms with Gasteiger partial charge in [-0.3, -0.25) is 10.1 Å². The molecule has 0 atom stereocenters. The first-order valence-electron chi connectivity index (χ1n) is 8.51. The van der Waals surface area contributed by atoms with Crippen molar-refractivity contribution in [2.75, 3.05) is 18.5 Å². The molecule has 0 aliphatic rings. The fraction of sp³-hybridized carbons (Fsp3) is 0.211. The monoisotopic (exact) mass is 421 g/mol. The average Bonchev–Trinajstić information content (AvgIpc) is 3.11. The van der Waals surface area contributed by atoms with Crippen LogP contribution in [0.3, 0.4) is 0 Å². The zero-order valence-corrected chi connectivity index (χ0v) is 16.7. The third-order valence-electron chi connectivity index (χ3n) is 3.56. The van der Waals surface area contributed by atoms with Gasteiger partial charge in [0.25, 0.3) is 5.91 Å². The zero-order chi connectivity index (χ0) is 20.1. The van der Waals surface area contributed by atoms with Crippen molar-refractivity contribution in [2.24, 2.45) is 0 Å². The van der Waals surface area contributed by atoms with Crippen molar-refractivity contribution in [3.63, 3.8) is 0 Å². The predicted octanol–water partition coefficient (Wildman–Crippen LogP) is 5.09. The van der Waals surface area contributed by atoms with Crippen LogP contribution >= 0.6 is 23.2 Å². The lowest BCUT2D eigenvalue weighted by Gasteiger charge is -2.11. The molecule has 0 radical (unpaired) electrons. The molecule has 0 saturated carbocycles. The number of carbonyl (C=O) groups is 1. The molecule has 7 nitrogen and oxygen atoms in total. The number of nitrogens with zero attached hydrogens (tertiary/aromatic N) is 2. The molecule has 2 aromatic carbocycles. The van der Waals surface area contributed by atoms with Gasteiger partial charge in [-0.05, 0) is 50.2 Å². The molecule has 1 heterocycles. The van der Waals surface area contributed by atoms with E-state index in [1.165, 1.54) is 0 Å². The van der Waals surface area contributed by atoms with Crippen LogP contribution < -0.4 is 14.8 Å². The van der Waals surface area contributed by atoms with E-state index in [0.717, 1.165) is 0 Å². The summed E-state index contributed by atoms with van der Waals surface area (Å²) in [5.74, 6) is 0.806. The lowest BCUT2D eigenvalue weighted by molar-refractivity contribution is 0.102. The van der Waals surface area contributed by atoms with Crippen molar-refractivity contribution in [3.05, 3.63) is 52.0 Å². The van der Waals surface area contributed by atoms with Gasteiger partial charge in [0.15, 0.2) is 11.5 Å². The molecule has 0 spiro atoms. The fourth-order valence-corrected chi connectivity index (χ4v) is 2.96. The van der Waals surface area contributed by atoms with Crippen molar-refractivity contribution in [2.45, 2.75) is 13.8 Å². The number of halogens is 2. The van der Waals surface area contributed by atoms with Crippen LogP contribution in [-0.2, 0) is 0 Å². The van der Waals surface area contributed by atoms with Gasteiger partial charge in [-0.15, -0.1) is 5.10 Å². The van der Waals surface area contributed by atoms with Gasteiger partial charge in [0, 0.05) is 21.2 Å². The highest BCUT2D eigenvalue weighted by atomic mass is 35.5. The van der Waals surface area contributed by atoms with E-state index in [4.69, 9.17) is 37.1 Å². The highest BCUT2D eigenvalue weighted by Gasteiger charge is 2.16. The van der Waals surface area contributed by atoms with Crippen molar-refractivity contribution in [1.29, 1.82) is 0 Å². The van der Waals surface area contributed by atoms with E-state index >= 15 is 0 Å². The third-order valence-corrected chi connectivity index (χ3v) is 4.00. The maximum absolute atomic E-state index is 12.5. The Hall–Kier alpha value is -2.77. The van der Waals surface area contributed by atoms with Crippen molar-refractivity contribution >= 4 is 35.1 Å². The first-order chi connectivity index (χ1) is 13.5. The minimum absolute atomic E-state index is 0.0528. The third kappa shape index (κ3) is 4.74. The second-order valence-electron chi connectivity index (χ2n) is 5.55. The van der Waals surface area contributed by atoms with Gasteiger partial charge in [-0.25, -0.2) is 0 Å². The summed E-state index contributed by atoms with van der Waals surface area (Å²) in [6.07, 6.45) is 0. The van der Waals surface area contributed by atoms with E-state index < -0.39 is 5.91 Å². The number of nitrogens with one attached hydrogen (secondary N) is 1. The van der Waals surface area contributed by atoms with E-state index in [2.05, 4.69) is 15.5 Å². The summed E-state index contributed by atoms with van der Waals surface area (Å²) in [5, 5.41) is 11.2. The Morgan fingerprint density at radius 2 is 1.68 bits per heavy atom. The van der Waals surface area contributed by atoms with E-state index in [9.17, 15) is 4.79 Å². The van der Waals surface area contributed by atoms with Gasteiger partial charge >= 0.3 is 6.01 Å². The number of hydrogen-bond donors (Lipinski definition) is 1. The molecule has 0 unspecified atom stereocenters. The van der Waals surface area contributed by atoms with Crippen LogP contribution in [0.1, 0.15) is 24.2 Å². The Morgan fingerprint density at radius 3 is 2.36 bits per heavy atom. The quantitative estimate of drug-likeness (QED) is 0.571. The first-order valence-corrected chi connectivity index (χ1v) is 9.26. The largest absolute Gasteiger partial charge is 0.490 e. The first kappa shape index (κ1) is 20.0. The lowest BCUT2D eigenvalue weighted by atomic mass is 10.2. The number of anilines is 1. The van der Waals surface area contributed by atoms with Crippen LogP contribution in [0.5, 0.6) is 11.5 Å². The fourth-order valence-electron chi connectivity index (χ4n) is 2.43. The second-order valence-corrected chi connectivity index (χ2v) is 6.43. The van der Waals surface area contributed by atoms with Crippen LogP contribution in [0.15, 0.2) is 40.8 Å². The Balaban J connectivity index is 1.78. The summed E-state index contributed by atoms with van der Waals surface area (Å²) >= 11 is 12.0. The van der Waals surface area contributed by atoms with Gasteiger partial charge in [-0.2, -0.15) is 0 Å². The van der Waals surface area contributed by atoms with Crippen molar-refractivity contribution in [3.8, 4) is 23.0 Å². The SMILES string of the molecule is CCOc1ccc(C(=O)Nc2nnc(-c3cc(Cl)cc(Cl)c3)o2)cc1OCC. The van der Waals surface area contributed by atoms with E-state index in [0.29, 0.717) is 45.9 Å². The Kier molecular flexibility index (Phi) is 6.38. The summed E-state index contributed by atoms with van der Waals surface area (Å²) in [6, 6.07) is 9.70. The minimum atomic E-state index is -0.427. The van der Waals surface area contributed by atoms with Gasteiger partial charge in [0.1, 0.15) is 0 Å². The molecular formula is C19H17Cl2N3O4. The standard InChI is InChI=1S/C19H17Cl2N3O4/c1-3-26-15-6-5-11(9-16(15)27-4-2)17(25)22-19-24-23-18(28-19)12-7-13(20)10-14(21)8-12/h5-10H,3-4H2,1-2H3,(H,22,24,25). The number of ether oxygens (including phenoxy) is 2. The van der Waals surface area contributed by atoms with Crippen LogP contribution in [-0.4, -0.2) is 29.3 Å². The second kappa shape index (κ2) is 8.95. The molecule has 146 valence electrons. The summed E-state index contributed by atoms with van der Waals surface area (Å²) in [4.78, 5) is 12.5. The number of benzene rings is 2. The number of carbonyl (C=O) groups excluding carboxylic acids is 1. The molecule has 0 fully saturated rings. The van der Waals surface area contributed by atoms with Crippen LogP contribution in [0.25, 0.3) is 11.5 Å². The molecule has 0 aliphatic heterocycles. The molecule has 1 N–H and O–H groups in total. The molecule has 0 saturated heterocycles. The Labute approximate surface area is 171 Å². The molecular weight excluding hydrogens is 405 g/mol. The van der Waals surface area contributed by atoms with Crippen LogP contribution in [0, 0.1) is 0 Å². The van der Waals surface area contributed by atoms with Crippen molar-refractivity contribution < 1.29 is 18.7 Å². The molecule has 1 aromatic heterocycles. The smallest absolute Gasteiger partial charge is 0.322 e. The normalized spacial score (nSPS) is 10.6. The summed E-state index contributed by atoms with van der Waals surface area (Å²) in [5.41, 5.74) is 0.905. The summed E-state index contributed by atoms with van der Waals surface area (Å²) in [6.45, 7) is 4.66. The van der Waals surface area contributed by atoms with Gasteiger partial charge < -0.3 is 13.9 Å². The van der Waals surface area contributed by atoms with E-state index in [1.807, 2.05) is 13.8 Å².